The highest BCUT2D eigenvalue weighted by atomic mass is 19.1. The highest BCUT2D eigenvalue weighted by Crippen LogP contribution is 2.29. The Morgan fingerprint density at radius 1 is 1.12 bits per heavy atom. The van der Waals surface area contributed by atoms with Crippen molar-refractivity contribution in [2.45, 2.75) is 6.54 Å². The van der Waals surface area contributed by atoms with Crippen molar-refractivity contribution in [3.05, 3.63) is 88.6 Å². The molecule has 2 heterocycles. The topological polar surface area (TPSA) is 62.5 Å². The molecule has 0 saturated carbocycles. The first kappa shape index (κ1) is 20.8. The molecule has 5 rings (SSSR count). The van der Waals surface area contributed by atoms with Crippen LogP contribution in [0.5, 0.6) is 0 Å². The first-order valence-corrected chi connectivity index (χ1v) is 10.4. The number of hydrogen-bond acceptors (Lipinski definition) is 4. The Balaban J connectivity index is 1.47. The zero-order valence-corrected chi connectivity index (χ0v) is 18.4. The zero-order valence-electron chi connectivity index (χ0n) is 18.4. The van der Waals surface area contributed by atoms with E-state index in [-0.39, 0.29) is 10.9 Å². The number of aromatic nitrogens is 2. The van der Waals surface area contributed by atoms with Crippen molar-refractivity contribution in [3.8, 4) is 0 Å². The Morgan fingerprint density at radius 2 is 1.94 bits per heavy atom. The van der Waals surface area contributed by atoms with Gasteiger partial charge in [-0.05, 0) is 29.8 Å². The normalized spacial score (nSPS) is 12.6. The minimum absolute atomic E-state index is 0.0909. The van der Waals surface area contributed by atoms with E-state index in [1.165, 1.54) is 10.9 Å². The third-order valence-corrected chi connectivity index (χ3v) is 5.84. The molecule has 0 fully saturated rings. The molecule has 33 heavy (non-hydrogen) atoms. The van der Waals surface area contributed by atoms with Gasteiger partial charge in [-0.15, -0.1) is 0 Å². The summed E-state index contributed by atoms with van der Waals surface area (Å²) in [5.41, 5.74) is 4.80. The van der Waals surface area contributed by atoms with Gasteiger partial charge in [0.05, 0.1) is 29.4 Å². The minimum Gasteiger partial charge on any atom is -0.378 e. The summed E-state index contributed by atoms with van der Waals surface area (Å²) >= 11 is 0. The van der Waals surface area contributed by atoms with Crippen LogP contribution in [-0.4, -0.2) is 35.5 Å². The number of nitrogens with one attached hydrogen (secondary N) is 1. The fourth-order valence-electron chi connectivity index (χ4n) is 4.06. The monoisotopic (exact) mass is 445 g/mol. The maximum Gasteiger partial charge on any atom is 0.261 e. The van der Waals surface area contributed by atoms with E-state index in [4.69, 9.17) is 0 Å². The number of rotatable bonds is 4. The van der Waals surface area contributed by atoms with Crippen LogP contribution in [0.2, 0.25) is 0 Å². The molecule has 0 atom stereocenters. The Bertz CT molecular complexity index is 1450. The number of amides is 1. The van der Waals surface area contributed by atoms with E-state index in [1.54, 1.807) is 19.2 Å². The van der Waals surface area contributed by atoms with Gasteiger partial charge in [-0.25, -0.2) is 8.78 Å². The van der Waals surface area contributed by atoms with E-state index < -0.39 is 23.1 Å². The number of benzene rings is 3. The number of halogens is 2. The molecule has 0 bridgehead atoms. The Morgan fingerprint density at radius 3 is 2.73 bits per heavy atom. The lowest BCUT2D eigenvalue weighted by molar-refractivity contribution is 0.101. The predicted octanol–water partition coefficient (Wildman–Crippen LogP) is 4.52. The van der Waals surface area contributed by atoms with Gasteiger partial charge in [0.2, 0.25) is 0 Å². The van der Waals surface area contributed by atoms with Gasteiger partial charge in [0.1, 0.15) is 17.2 Å². The summed E-state index contributed by atoms with van der Waals surface area (Å²) < 4.78 is 30.9. The number of aliphatic imine (C=N–C) groups is 1. The van der Waals surface area contributed by atoms with Gasteiger partial charge in [0.15, 0.2) is 0 Å². The van der Waals surface area contributed by atoms with Crippen molar-refractivity contribution in [2.24, 2.45) is 12.0 Å². The largest absolute Gasteiger partial charge is 0.378 e. The van der Waals surface area contributed by atoms with E-state index in [1.807, 2.05) is 49.3 Å². The molecular formula is C25H21F2N5O. The molecule has 1 amide bonds. The highest BCUT2D eigenvalue weighted by Gasteiger charge is 2.24. The van der Waals surface area contributed by atoms with Crippen LogP contribution in [0, 0.1) is 11.6 Å². The molecule has 0 spiro atoms. The van der Waals surface area contributed by atoms with Gasteiger partial charge in [-0.1, -0.05) is 18.2 Å². The van der Waals surface area contributed by atoms with Crippen LogP contribution in [0.15, 0.2) is 59.7 Å². The summed E-state index contributed by atoms with van der Waals surface area (Å²) in [6.45, 7) is 0.534. The van der Waals surface area contributed by atoms with Crippen LogP contribution in [0.4, 0.5) is 20.2 Å². The molecular weight excluding hydrogens is 424 g/mol. The van der Waals surface area contributed by atoms with Crippen LogP contribution in [0.3, 0.4) is 0 Å². The van der Waals surface area contributed by atoms with Crippen LogP contribution in [0.1, 0.15) is 27.0 Å². The number of aryl methyl sites for hydroxylation is 1. The fourth-order valence-corrected chi connectivity index (χ4v) is 4.06. The summed E-state index contributed by atoms with van der Waals surface area (Å²) in [4.78, 5) is 19.5. The van der Waals surface area contributed by atoms with Gasteiger partial charge < -0.3 is 10.2 Å². The van der Waals surface area contributed by atoms with Crippen molar-refractivity contribution in [1.29, 1.82) is 0 Å². The van der Waals surface area contributed by atoms with Crippen molar-refractivity contribution in [2.75, 3.05) is 24.3 Å². The second-order valence-corrected chi connectivity index (χ2v) is 8.18. The van der Waals surface area contributed by atoms with Crippen LogP contribution >= 0.6 is 0 Å². The van der Waals surface area contributed by atoms with Crippen molar-refractivity contribution in [3.63, 3.8) is 0 Å². The molecule has 8 heteroatoms. The van der Waals surface area contributed by atoms with E-state index in [0.717, 1.165) is 34.2 Å². The minimum atomic E-state index is -0.940. The van der Waals surface area contributed by atoms with E-state index in [0.29, 0.717) is 12.2 Å². The van der Waals surface area contributed by atoms with E-state index in [2.05, 4.69) is 15.4 Å². The van der Waals surface area contributed by atoms with Gasteiger partial charge in [0.25, 0.3) is 5.91 Å². The maximum absolute atomic E-state index is 14.9. The number of hydrogen-bond donors (Lipinski definition) is 1. The van der Waals surface area contributed by atoms with Crippen LogP contribution in [-0.2, 0) is 13.6 Å². The van der Waals surface area contributed by atoms with Crippen LogP contribution < -0.4 is 10.2 Å². The lowest BCUT2D eigenvalue weighted by Crippen LogP contribution is -2.16. The SMILES string of the molecule is CN(C)c1cccc(C2=NCc3ccc(NC(=O)c4c(F)cc5c(cnn5C)c4F)cc32)c1. The van der Waals surface area contributed by atoms with Gasteiger partial charge in [-0.3, -0.25) is 14.5 Å². The second-order valence-electron chi connectivity index (χ2n) is 8.18. The quantitative estimate of drug-likeness (QED) is 0.502. The maximum atomic E-state index is 14.9. The molecule has 1 aliphatic heterocycles. The molecule has 1 aromatic heterocycles. The number of anilines is 2. The first-order valence-electron chi connectivity index (χ1n) is 10.4. The number of fused-ring (bicyclic) bond motifs is 2. The van der Waals surface area contributed by atoms with E-state index >= 15 is 0 Å². The Kier molecular flexibility index (Phi) is 4.92. The molecule has 1 N–H and O–H groups in total. The summed E-state index contributed by atoms with van der Waals surface area (Å²) in [6.07, 6.45) is 1.28. The lowest BCUT2D eigenvalue weighted by Gasteiger charge is -2.14. The lowest BCUT2D eigenvalue weighted by atomic mass is 9.99. The fraction of sp³-hybridized carbons (Fsp3) is 0.160. The third-order valence-electron chi connectivity index (χ3n) is 5.84. The molecule has 166 valence electrons. The predicted molar refractivity (Wildman–Crippen MR) is 125 cm³/mol. The number of carbonyl (C=O) groups is 1. The molecule has 0 aliphatic carbocycles. The molecule has 6 nitrogen and oxygen atoms in total. The number of nitrogens with zero attached hydrogens (tertiary/aromatic N) is 4. The van der Waals surface area contributed by atoms with Crippen molar-refractivity contribution >= 4 is 33.9 Å². The highest BCUT2D eigenvalue weighted by molar-refractivity contribution is 6.16. The zero-order chi connectivity index (χ0) is 23.3. The summed E-state index contributed by atoms with van der Waals surface area (Å²) in [6, 6.07) is 14.5. The second kappa shape index (κ2) is 7.81. The third kappa shape index (κ3) is 3.53. The van der Waals surface area contributed by atoms with Crippen LogP contribution in [0.25, 0.3) is 10.9 Å². The molecule has 0 saturated heterocycles. The van der Waals surface area contributed by atoms with Gasteiger partial charge in [-0.2, -0.15) is 5.10 Å². The smallest absolute Gasteiger partial charge is 0.261 e. The summed E-state index contributed by atoms with van der Waals surface area (Å²) in [5.74, 6) is -2.73. The number of carbonyl (C=O) groups excluding carboxylic acids is 1. The average Bonchev–Trinajstić information content (AvgIpc) is 3.37. The van der Waals surface area contributed by atoms with Gasteiger partial charge in [0, 0.05) is 49.7 Å². The molecule has 4 aromatic rings. The summed E-state index contributed by atoms with van der Waals surface area (Å²) in [5, 5.41) is 6.66. The average molecular weight is 445 g/mol. The standard InChI is InChI=1S/C25H21F2N5O/c1-31(2)17-6-4-5-14(9-17)24-18-10-16(8-7-15(18)12-28-24)30-25(33)22-20(26)11-21-19(23(22)27)13-29-32(21)3/h4-11,13H,12H2,1-3H3,(H,30,33). The van der Waals surface area contributed by atoms with Crippen molar-refractivity contribution < 1.29 is 13.6 Å². The van der Waals surface area contributed by atoms with E-state index in [9.17, 15) is 13.6 Å². The summed E-state index contributed by atoms with van der Waals surface area (Å²) in [7, 11) is 5.52. The first-order chi connectivity index (χ1) is 15.8. The Labute approximate surface area is 189 Å². The Hall–Kier alpha value is -4.07. The molecule has 0 radical (unpaired) electrons. The molecule has 1 aliphatic rings. The van der Waals surface area contributed by atoms with Gasteiger partial charge >= 0.3 is 0 Å². The molecule has 0 unspecified atom stereocenters. The van der Waals surface area contributed by atoms with Crippen molar-refractivity contribution in [1.82, 2.24) is 9.78 Å². The molecule has 3 aromatic carbocycles.